The van der Waals surface area contributed by atoms with E-state index in [2.05, 4.69) is 15.1 Å². The molecular formula is C18H28ClN5O2. The van der Waals surface area contributed by atoms with Crippen LogP contribution in [0.2, 0.25) is 5.15 Å². The Kier molecular flexibility index (Phi) is 6.44. The molecule has 8 heteroatoms. The van der Waals surface area contributed by atoms with Gasteiger partial charge in [-0.15, -0.1) is 0 Å². The number of nitrogens with zero attached hydrogens (tertiary/aromatic N) is 5. The van der Waals surface area contributed by atoms with E-state index in [-0.39, 0.29) is 12.1 Å². The standard InChI is InChI=1S/C16H22ClN5O2.C2H6/c1-10-12-13(17)18-9-19-14(12)22(20-10)11-5-7-21(8-6-11)15(23)24-16(2,3)4;1-2/h9,11H,5-8H2,1-4H3;1-2H3. The Morgan fingerprint density at radius 1 is 1.23 bits per heavy atom. The van der Waals surface area contributed by atoms with E-state index in [9.17, 15) is 4.79 Å². The van der Waals surface area contributed by atoms with Gasteiger partial charge in [0.05, 0.1) is 17.1 Å². The van der Waals surface area contributed by atoms with E-state index in [4.69, 9.17) is 16.3 Å². The number of likely N-dealkylation sites (tertiary alicyclic amines) is 1. The second-order valence-corrected chi connectivity index (χ2v) is 7.45. The van der Waals surface area contributed by atoms with Gasteiger partial charge in [0.1, 0.15) is 17.1 Å². The Morgan fingerprint density at radius 2 is 1.85 bits per heavy atom. The number of hydrogen-bond acceptors (Lipinski definition) is 5. The summed E-state index contributed by atoms with van der Waals surface area (Å²) < 4.78 is 7.36. The third-order valence-electron chi connectivity index (χ3n) is 4.08. The smallest absolute Gasteiger partial charge is 0.410 e. The fourth-order valence-electron chi connectivity index (χ4n) is 2.97. The molecule has 1 aliphatic rings. The van der Waals surface area contributed by atoms with Crippen LogP contribution in [-0.2, 0) is 4.74 Å². The molecule has 0 spiro atoms. The van der Waals surface area contributed by atoms with Gasteiger partial charge in [-0.25, -0.2) is 19.4 Å². The predicted octanol–water partition coefficient (Wildman–Crippen LogP) is 4.39. The monoisotopic (exact) mass is 381 g/mol. The lowest BCUT2D eigenvalue weighted by molar-refractivity contribution is 0.0186. The van der Waals surface area contributed by atoms with Gasteiger partial charge in [0.15, 0.2) is 5.65 Å². The molecule has 0 unspecified atom stereocenters. The molecule has 3 rings (SSSR count). The van der Waals surface area contributed by atoms with Crippen molar-refractivity contribution in [3.8, 4) is 0 Å². The molecule has 1 saturated heterocycles. The number of fused-ring (bicyclic) bond motifs is 1. The van der Waals surface area contributed by atoms with Gasteiger partial charge in [0, 0.05) is 13.1 Å². The fourth-order valence-corrected chi connectivity index (χ4v) is 3.24. The summed E-state index contributed by atoms with van der Waals surface area (Å²) in [6.45, 7) is 12.8. The number of ether oxygens (including phenoxy) is 1. The minimum atomic E-state index is -0.475. The average molecular weight is 382 g/mol. The number of carbonyl (C=O) groups excluding carboxylic acids is 1. The molecule has 0 aromatic carbocycles. The molecule has 0 saturated carbocycles. The number of amides is 1. The van der Waals surface area contributed by atoms with Gasteiger partial charge >= 0.3 is 6.09 Å². The molecule has 1 fully saturated rings. The maximum absolute atomic E-state index is 12.2. The lowest BCUT2D eigenvalue weighted by Crippen LogP contribution is -2.42. The van der Waals surface area contributed by atoms with Crippen molar-refractivity contribution in [2.24, 2.45) is 0 Å². The molecule has 0 N–H and O–H groups in total. The Hall–Kier alpha value is -1.89. The summed E-state index contributed by atoms with van der Waals surface area (Å²) in [5, 5.41) is 5.82. The molecule has 2 aromatic rings. The molecule has 7 nitrogen and oxygen atoms in total. The van der Waals surface area contributed by atoms with Gasteiger partial charge in [0.25, 0.3) is 0 Å². The molecule has 1 aliphatic heterocycles. The number of hydrogen-bond donors (Lipinski definition) is 0. The first-order chi connectivity index (χ1) is 12.3. The van der Waals surface area contributed by atoms with Crippen LogP contribution in [0.15, 0.2) is 6.33 Å². The zero-order chi connectivity index (χ0) is 19.5. The van der Waals surface area contributed by atoms with Crippen molar-refractivity contribution in [3.63, 3.8) is 0 Å². The van der Waals surface area contributed by atoms with Gasteiger partial charge in [-0.05, 0) is 40.5 Å². The summed E-state index contributed by atoms with van der Waals surface area (Å²) in [5.41, 5.74) is 1.10. The topological polar surface area (TPSA) is 73.1 Å². The van der Waals surface area contributed by atoms with Gasteiger partial charge < -0.3 is 9.64 Å². The summed E-state index contributed by atoms with van der Waals surface area (Å²) in [6, 6.07) is 0.186. The lowest BCUT2D eigenvalue weighted by Gasteiger charge is -2.33. The molecule has 3 heterocycles. The second-order valence-electron chi connectivity index (χ2n) is 7.09. The van der Waals surface area contributed by atoms with Crippen LogP contribution in [0.3, 0.4) is 0 Å². The van der Waals surface area contributed by atoms with Crippen LogP contribution in [0.1, 0.15) is 59.2 Å². The van der Waals surface area contributed by atoms with Crippen molar-refractivity contribution in [1.82, 2.24) is 24.6 Å². The molecule has 144 valence electrons. The summed E-state index contributed by atoms with van der Waals surface area (Å²) in [7, 11) is 0. The van der Waals surface area contributed by atoms with E-state index < -0.39 is 5.60 Å². The van der Waals surface area contributed by atoms with Crippen LogP contribution in [-0.4, -0.2) is 49.4 Å². The van der Waals surface area contributed by atoms with Crippen molar-refractivity contribution >= 4 is 28.7 Å². The number of halogens is 1. The maximum Gasteiger partial charge on any atom is 0.410 e. The number of rotatable bonds is 1. The Balaban J connectivity index is 0.00000117. The number of aryl methyl sites for hydroxylation is 1. The molecular weight excluding hydrogens is 354 g/mol. The normalized spacial score (nSPS) is 15.6. The summed E-state index contributed by atoms with van der Waals surface area (Å²) in [4.78, 5) is 22.3. The molecule has 0 atom stereocenters. The van der Waals surface area contributed by atoms with E-state index in [0.29, 0.717) is 18.2 Å². The average Bonchev–Trinajstić information content (AvgIpc) is 2.93. The SMILES string of the molecule is CC.Cc1nn(C2CCN(C(=O)OC(C)(C)C)CC2)c2ncnc(Cl)c12. The number of carbonyl (C=O) groups is 1. The third-order valence-corrected chi connectivity index (χ3v) is 4.37. The van der Waals surface area contributed by atoms with Crippen LogP contribution < -0.4 is 0 Å². The highest BCUT2D eigenvalue weighted by atomic mass is 35.5. The largest absolute Gasteiger partial charge is 0.444 e. The highest BCUT2D eigenvalue weighted by Crippen LogP contribution is 2.29. The second kappa shape index (κ2) is 8.20. The van der Waals surface area contributed by atoms with Crippen LogP contribution in [0, 0.1) is 6.92 Å². The van der Waals surface area contributed by atoms with Crippen molar-refractivity contribution in [2.45, 2.75) is 66.0 Å². The van der Waals surface area contributed by atoms with Crippen molar-refractivity contribution < 1.29 is 9.53 Å². The van der Waals surface area contributed by atoms with Gasteiger partial charge in [-0.1, -0.05) is 25.4 Å². The Labute approximate surface area is 159 Å². The zero-order valence-corrected chi connectivity index (χ0v) is 17.2. The first kappa shape index (κ1) is 20.4. The van der Waals surface area contributed by atoms with Crippen LogP contribution >= 0.6 is 11.6 Å². The minimum absolute atomic E-state index is 0.186. The summed E-state index contributed by atoms with van der Waals surface area (Å²) in [6.07, 6.45) is 2.81. The summed E-state index contributed by atoms with van der Waals surface area (Å²) >= 11 is 6.17. The van der Waals surface area contributed by atoms with Crippen molar-refractivity contribution in [1.29, 1.82) is 0 Å². The minimum Gasteiger partial charge on any atom is -0.444 e. The molecule has 0 aliphatic carbocycles. The van der Waals surface area contributed by atoms with Crippen LogP contribution in [0.25, 0.3) is 11.0 Å². The fraction of sp³-hybridized carbons (Fsp3) is 0.667. The van der Waals surface area contributed by atoms with Gasteiger partial charge in [-0.3, -0.25) is 0 Å². The Morgan fingerprint density at radius 3 is 2.42 bits per heavy atom. The first-order valence-corrected chi connectivity index (χ1v) is 9.47. The van der Waals surface area contributed by atoms with Gasteiger partial charge in [-0.2, -0.15) is 5.10 Å². The van der Waals surface area contributed by atoms with Crippen molar-refractivity contribution in [3.05, 3.63) is 17.2 Å². The highest BCUT2D eigenvalue weighted by molar-refractivity contribution is 6.34. The van der Waals surface area contributed by atoms with Crippen LogP contribution in [0.5, 0.6) is 0 Å². The Bertz CT molecular complexity index is 761. The van der Waals surface area contributed by atoms with E-state index in [1.54, 1.807) is 4.90 Å². The first-order valence-electron chi connectivity index (χ1n) is 9.09. The third kappa shape index (κ3) is 4.44. The van der Waals surface area contributed by atoms with E-state index in [1.807, 2.05) is 46.2 Å². The highest BCUT2D eigenvalue weighted by Gasteiger charge is 2.29. The molecule has 1 amide bonds. The molecule has 26 heavy (non-hydrogen) atoms. The number of aromatic nitrogens is 4. The van der Waals surface area contributed by atoms with E-state index >= 15 is 0 Å². The quantitative estimate of drug-likeness (QED) is 0.685. The van der Waals surface area contributed by atoms with Crippen LogP contribution in [0.4, 0.5) is 4.79 Å². The zero-order valence-electron chi connectivity index (χ0n) is 16.4. The predicted molar refractivity (Wildman–Crippen MR) is 102 cm³/mol. The summed E-state index contributed by atoms with van der Waals surface area (Å²) in [5.74, 6) is 0. The van der Waals surface area contributed by atoms with Crippen molar-refractivity contribution in [2.75, 3.05) is 13.1 Å². The maximum atomic E-state index is 12.2. The number of piperidine rings is 1. The lowest BCUT2D eigenvalue weighted by atomic mass is 10.1. The molecule has 2 aromatic heterocycles. The molecule has 0 bridgehead atoms. The van der Waals surface area contributed by atoms with Gasteiger partial charge in [0.2, 0.25) is 0 Å². The molecule has 0 radical (unpaired) electrons. The van der Waals surface area contributed by atoms with E-state index in [0.717, 1.165) is 29.6 Å². The van der Waals surface area contributed by atoms with E-state index in [1.165, 1.54) is 6.33 Å².